The van der Waals surface area contributed by atoms with Gasteiger partial charge in [-0.1, -0.05) is 31.2 Å². The van der Waals surface area contributed by atoms with Gasteiger partial charge in [-0.3, -0.25) is 4.98 Å². The molecule has 2 heterocycles. The lowest BCUT2D eigenvalue weighted by molar-refractivity contribution is 0.307. The summed E-state index contributed by atoms with van der Waals surface area (Å²) in [4.78, 5) is 11.4. The van der Waals surface area contributed by atoms with Gasteiger partial charge >= 0.3 is 0 Å². The van der Waals surface area contributed by atoms with Crippen LogP contribution in [0.2, 0.25) is 0 Å². The topological polar surface area (TPSA) is 59.7 Å². The van der Waals surface area contributed by atoms with Crippen molar-refractivity contribution < 1.29 is 0 Å². The van der Waals surface area contributed by atoms with Gasteiger partial charge in [0.15, 0.2) is 5.82 Å². The average Bonchev–Trinajstić information content (AvgIpc) is 3.04. The molecule has 0 spiro atoms. The van der Waals surface area contributed by atoms with Crippen molar-refractivity contribution >= 4 is 11.0 Å². The van der Waals surface area contributed by atoms with Crippen LogP contribution in [0.25, 0.3) is 16.9 Å². The predicted octanol–water partition coefficient (Wildman–Crippen LogP) is 2.09. The van der Waals surface area contributed by atoms with E-state index in [4.69, 9.17) is 0 Å². The van der Waals surface area contributed by atoms with Crippen LogP contribution in [0.5, 0.6) is 0 Å². The molecule has 1 aromatic carbocycles. The number of fused-ring (bicyclic) bond motifs is 1. The summed E-state index contributed by atoms with van der Waals surface area (Å²) in [5, 5.41) is 8.40. The predicted molar refractivity (Wildman–Crippen MR) is 85.9 cm³/mol. The fourth-order valence-electron chi connectivity index (χ4n) is 2.40. The fraction of sp³-hybridized carbons (Fsp3) is 0.375. The van der Waals surface area contributed by atoms with Crippen LogP contribution in [0.4, 0.5) is 0 Å². The smallest absolute Gasteiger partial charge is 0.174 e. The standard InChI is InChI=1S/C16H20N6/c1-3-21(4-2)10-9-13-12-22(20-19-13)16-11-17-14-7-5-6-8-15(14)18-16/h5-8,11-12H,3-4,9-10H2,1-2H3. The minimum Gasteiger partial charge on any atom is -0.303 e. The first-order chi connectivity index (χ1) is 10.8. The monoisotopic (exact) mass is 296 g/mol. The number of rotatable bonds is 6. The van der Waals surface area contributed by atoms with Gasteiger partial charge in [0.05, 0.1) is 29.1 Å². The molecule has 2 aromatic heterocycles. The van der Waals surface area contributed by atoms with Crippen LogP contribution in [0, 0.1) is 0 Å². The van der Waals surface area contributed by atoms with Crippen molar-refractivity contribution in [2.75, 3.05) is 19.6 Å². The largest absolute Gasteiger partial charge is 0.303 e. The lowest BCUT2D eigenvalue weighted by Crippen LogP contribution is -2.25. The van der Waals surface area contributed by atoms with Gasteiger partial charge in [0.25, 0.3) is 0 Å². The molecule has 0 N–H and O–H groups in total. The number of hydrogen-bond donors (Lipinski definition) is 0. The highest BCUT2D eigenvalue weighted by atomic mass is 15.4. The molecule has 6 heteroatoms. The first-order valence-electron chi connectivity index (χ1n) is 7.66. The molecule has 0 atom stereocenters. The van der Waals surface area contributed by atoms with Crippen molar-refractivity contribution in [1.29, 1.82) is 0 Å². The number of likely N-dealkylation sites (N-methyl/N-ethyl adjacent to an activating group) is 1. The van der Waals surface area contributed by atoms with Crippen LogP contribution >= 0.6 is 0 Å². The maximum atomic E-state index is 4.57. The van der Waals surface area contributed by atoms with Crippen molar-refractivity contribution in [2.45, 2.75) is 20.3 Å². The molecule has 0 aliphatic heterocycles. The zero-order chi connectivity index (χ0) is 15.4. The van der Waals surface area contributed by atoms with Crippen LogP contribution in [0.1, 0.15) is 19.5 Å². The molecule has 114 valence electrons. The summed E-state index contributed by atoms with van der Waals surface area (Å²) in [5.41, 5.74) is 2.72. The van der Waals surface area contributed by atoms with Gasteiger partial charge < -0.3 is 4.90 Å². The van der Waals surface area contributed by atoms with Gasteiger partial charge in [0.1, 0.15) is 0 Å². The van der Waals surface area contributed by atoms with Crippen molar-refractivity contribution in [3.8, 4) is 5.82 Å². The third-order valence-electron chi connectivity index (χ3n) is 3.79. The van der Waals surface area contributed by atoms with Crippen LogP contribution in [-0.4, -0.2) is 49.5 Å². The summed E-state index contributed by atoms with van der Waals surface area (Å²) in [5.74, 6) is 0.695. The number of nitrogens with zero attached hydrogens (tertiary/aromatic N) is 6. The Bertz CT molecular complexity index is 747. The van der Waals surface area contributed by atoms with E-state index < -0.39 is 0 Å². The molecule has 0 aliphatic carbocycles. The molecule has 0 radical (unpaired) electrons. The van der Waals surface area contributed by atoms with Gasteiger partial charge in [0.2, 0.25) is 0 Å². The minimum atomic E-state index is 0.695. The number of benzene rings is 1. The fourth-order valence-corrected chi connectivity index (χ4v) is 2.40. The third-order valence-corrected chi connectivity index (χ3v) is 3.79. The van der Waals surface area contributed by atoms with E-state index in [1.807, 2.05) is 30.5 Å². The summed E-state index contributed by atoms with van der Waals surface area (Å²) in [6, 6.07) is 7.81. The van der Waals surface area contributed by atoms with Gasteiger partial charge in [-0.05, 0) is 25.2 Å². The molecule has 22 heavy (non-hydrogen) atoms. The van der Waals surface area contributed by atoms with E-state index in [0.29, 0.717) is 5.82 Å². The van der Waals surface area contributed by atoms with E-state index in [-0.39, 0.29) is 0 Å². The summed E-state index contributed by atoms with van der Waals surface area (Å²) >= 11 is 0. The van der Waals surface area contributed by atoms with E-state index in [2.05, 4.69) is 39.0 Å². The Balaban J connectivity index is 1.77. The summed E-state index contributed by atoms with van der Waals surface area (Å²) in [7, 11) is 0. The lowest BCUT2D eigenvalue weighted by atomic mass is 10.3. The molecule has 0 amide bonds. The molecule has 0 fully saturated rings. The second kappa shape index (κ2) is 6.62. The lowest BCUT2D eigenvalue weighted by Gasteiger charge is -2.16. The molecular weight excluding hydrogens is 276 g/mol. The minimum absolute atomic E-state index is 0.695. The highest BCUT2D eigenvalue weighted by molar-refractivity contribution is 5.74. The molecule has 0 unspecified atom stereocenters. The van der Waals surface area contributed by atoms with Crippen molar-refractivity contribution in [1.82, 2.24) is 29.9 Å². The quantitative estimate of drug-likeness (QED) is 0.697. The van der Waals surface area contributed by atoms with Crippen LogP contribution < -0.4 is 0 Å². The SMILES string of the molecule is CCN(CC)CCc1cn(-c2cnc3ccccc3n2)nn1. The number of para-hydroxylation sites is 2. The van der Waals surface area contributed by atoms with E-state index in [1.54, 1.807) is 10.9 Å². The number of aromatic nitrogens is 5. The normalized spacial score (nSPS) is 11.4. The van der Waals surface area contributed by atoms with E-state index >= 15 is 0 Å². The highest BCUT2D eigenvalue weighted by Gasteiger charge is 2.07. The number of hydrogen-bond acceptors (Lipinski definition) is 5. The van der Waals surface area contributed by atoms with Crippen LogP contribution in [0.3, 0.4) is 0 Å². The zero-order valence-electron chi connectivity index (χ0n) is 13.0. The molecule has 6 nitrogen and oxygen atoms in total. The Hall–Kier alpha value is -2.34. The second-order valence-electron chi connectivity index (χ2n) is 5.15. The van der Waals surface area contributed by atoms with Crippen molar-refractivity contribution in [2.24, 2.45) is 0 Å². The van der Waals surface area contributed by atoms with Gasteiger partial charge in [-0.15, -0.1) is 5.10 Å². The Kier molecular flexibility index (Phi) is 4.39. The maximum Gasteiger partial charge on any atom is 0.174 e. The molecule has 3 aromatic rings. The second-order valence-corrected chi connectivity index (χ2v) is 5.15. The molecular formula is C16H20N6. The van der Waals surface area contributed by atoms with Gasteiger partial charge in [-0.25, -0.2) is 9.67 Å². The molecule has 0 saturated carbocycles. The first-order valence-corrected chi connectivity index (χ1v) is 7.66. The summed E-state index contributed by atoms with van der Waals surface area (Å²) in [6.45, 7) is 7.45. The van der Waals surface area contributed by atoms with E-state index in [0.717, 1.165) is 42.8 Å². The Labute approximate surface area is 129 Å². The van der Waals surface area contributed by atoms with Crippen molar-refractivity contribution in [3.63, 3.8) is 0 Å². The molecule has 3 rings (SSSR count). The maximum absolute atomic E-state index is 4.57. The van der Waals surface area contributed by atoms with Crippen molar-refractivity contribution in [3.05, 3.63) is 42.4 Å². The van der Waals surface area contributed by atoms with Crippen LogP contribution in [0.15, 0.2) is 36.7 Å². The van der Waals surface area contributed by atoms with Gasteiger partial charge in [0, 0.05) is 13.0 Å². The van der Waals surface area contributed by atoms with Crippen LogP contribution in [-0.2, 0) is 6.42 Å². The Morgan fingerprint density at radius 3 is 2.64 bits per heavy atom. The first kappa shape index (κ1) is 14.6. The zero-order valence-corrected chi connectivity index (χ0v) is 13.0. The summed E-state index contributed by atoms with van der Waals surface area (Å²) < 4.78 is 1.69. The average molecular weight is 296 g/mol. The molecule has 0 bridgehead atoms. The Morgan fingerprint density at radius 2 is 1.86 bits per heavy atom. The summed E-state index contributed by atoms with van der Waals surface area (Å²) in [6.07, 6.45) is 4.55. The Morgan fingerprint density at radius 1 is 1.09 bits per heavy atom. The molecule has 0 saturated heterocycles. The van der Waals surface area contributed by atoms with Gasteiger partial charge in [-0.2, -0.15) is 0 Å². The highest BCUT2D eigenvalue weighted by Crippen LogP contribution is 2.11. The molecule has 0 aliphatic rings. The van der Waals surface area contributed by atoms with E-state index in [1.165, 1.54) is 0 Å². The third kappa shape index (κ3) is 3.12. The van der Waals surface area contributed by atoms with E-state index in [9.17, 15) is 0 Å².